The third-order valence-corrected chi connectivity index (χ3v) is 3.22. The van der Waals surface area contributed by atoms with Crippen molar-refractivity contribution in [1.29, 1.82) is 0 Å². The first-order chi connectivity index (χ1) is 8.78. The minimum atomic E-state index is 0.380. The van der Waals surface area contributed by atoms with E-state index in [0.29, 0.717) is 29.9 Å². The van der Waals surface area contributed by atoms with Crippen molar-refractivity contribution in [3.63, 3.8) is 0 Å². The van der Waals surface area contributed by atoms with Gasteiger partial charge in [0.1, 0.15) is 22.5 Å². The Balaban J connectivity index is 2.00. The predicted octanol–water partition coefficient (Wildman–Crippen LogP) is 3.55. The summed E-state index contributed by atoms with van der Waals surface area (Å²) in [6, 6.07) is 5.53. The Morgan fingerprint density at radius 1 is 1.44 bits per heavy atom. The normalized spacial score (nSPS) is 10.8. The Morgan fingerprint density at radius 2 is 2.33 bits per heavy atom. The van der Waals surface area contributed by atoms with Crippen LogP contribution in [-0.2, 0) is 17.1 Å². The largest absolute Gasteiger partial charge is 0.468 e. The maximum absolute atomic E-state index is 5.95. The van der Waals surface area contributed by atoms with E-state index in [1.165, 1.54) is 0 Å². The van der Waals surface area contributed by atoms with Crippen molar-refractivity contribution >= 4 is 23.4 Å². The maximum Gasteiger partial charge on any atom is 0.156 e. The average molecular weight is 285 g/mol. The minimum Gasteiger partial charge on any atom is -0.468 e. The van der Waals surface area contributed by atoms with Crippen LogP contribution in [0.1, 0.15) is 18.5 Å². The third kappa shape index (κ3) is 4.01. The molecule has 4 nitrogen and oxygen atoms in total. The van der Waals surface area contributed by atoms with Crippen LogP contribution in [0.25, 0.3) is 0 Å². The molecule has 0 aliphatic carbocycles. The van der Waals surface area contributed by atoms with Crippen molar-refractivity contribution in [2.45, 2.75) is 24.3 Å². The van der Waals surface area contributed by atoms with Crippen molar-refractivity contribution in [2.75, 3.05) is 6.61 Å². The zero-order valence-electron chi connectivity index (χ0n) is 9.93. The van der Waals surface area contributed by atoms with Crippen LogP contribution in [0.2, 0.25) is 5.15 Å². The summed E-state index contributed by atoms with van der Waals surface area (Å²) in [5, 5.41) is 1.25. The van der Waals surface area contributed by atoms with Gasteiger partial charge < -0.3 is 9.15 Å². The highest BCUT2D eigenvalue weighted by molar-refractivity contribution is 7.98. The number of halogens is 1. The second kappa shape index (κ2) is 6.78. The van der Waals surface area contributed by atoms with Crippen molar-refractivity contribution in [3.8, 4) is 0 Å². The Kier molecular flexibility index (Phi) is 5.04. The van der Waals surface area contributed by atoms with Gasteiger partial charge >= 0.3 is 0 Å². The second-order valence-corrected chi connectivity index (χ2v) is 4.83. The molecule has 0 fully saturated rings. The molecule has 96 valence electrons. The first kappa shape index (κ1) is 13.4. The van der Waals surface area contributed by atoms with E-state index in [2.05, 4.69) is 9.97 Å². The molecule has 0 aromatic carbocycles. The van der Waals surface area contributed by atoms with E-state index < -0.39 is 0 Å². The molecule has 2 aromatic heterocycles. The van der Waals surface area contributed by atoms with Gasteiger partial charge in [0.25, 0.3) is 0 Å². The standard InChI is InChI=1S/C12H13ClN2O2S/c1-2-16-7-11-14-10(13)6-12(15-11)18-8-9-4-3-5-17-9/h3-6H,2,7-8H2,1H3. The van der Waals surface area contributed by atoms with Crippen LogP contribution >= 0.6 is 23.4 Å². The molecular formula is C12H13ClN2O2S. The number of hydrogen-bond acceptors (Lipinski definition) is 5. The molecule has 0 saturated carbocycles. The smallest absolute Gasteiger partial charge is 0.156 e. The molecular weight excluding hydrogens is 272 g/mol. The molecule has 18 heavy (non-hydrogen) atoms. The van der Waals surface area contributed by atoms with Crippen LogP contribution in [0.5, 0.6) is 0 Å². The summed E-state index contributed by atoms with van der Waals surface area (Å²) in [6.07, 6.45) is 1.66. The number of rotatable bonds is 6. The molecule has 0 N–H and O–H groups in total. The lowest BCUT2D eigenvalue weighted by Gasteiger charge is -2.04. The zero-order chi connectivity index (χ0) is 12.8. The van der Waals surface area contributed by atoms with Gasteiger partial charge in [0.15, 0.2) is 5.82 Å². The lowest BCUT2D eigenvalue weighted by Crippen LogP contribution is -2.00. The van der Waals surface area contributed by atoms with E-state index in [0.717, 1.165) is 10.8 Å². The molecule has 2 aromatic rings. The summed E-state index contributed by atoms with van der Waals surface area (Å²) in [5.41, 5.74) is 0. The molecule has 0 aliphatic rings. The van der Waals surface area contributed by atoms with Gasteiger partial charge in [-0.25, -0.2) is 9.97 Å². The topological polar surface area (TPSA) is 48.2 Å². The van der Waals surface area contributed by atoms with Gasteiger partial charge in [-0.05, 0) is 19.1 Å². The van der Waals surface area contributed by atoms with E-state index >= 15 is 0 Å². The van der Waals surface area contributed by atoms with Crippen molar-refractivity contribution in [3.05, 3.63) is 41.2 Å². The summed E-state index contributed by atoms with van der Waals surface area (Å²) in [5.74, 6) is 2.22. The lowest BCUT2D eigenvalue weighted by molar-refractivity contribution is 0.128. The summed E-state index contributed by atoms with van der Waals surface area (Å²) < 4.78 is 10.5. The molecule has 2 rings (SSSR count). The van der Waals surface area contributed by atoms with Crippen molar-refractivity contribution in [1.82, 2.24) is 9.97 Å². The highest BCUT2D eigenvalue weighted by Gasteiger charge is 2.05. The van der Waals surface area contributed by atoms with Gasteiger partial charge in [-0.1, -0.05) is 23.4 Å². The summed E-state index contributed by atoms with van der Waals surface area (Å²) >= 11 is 7.50. The fourth-order valence-corrected chi connectivity index (χ4v) is 2.40. The number of nitrogens with zero attached hydrogens (tertiary/aromatic N) is 2. The zero-order valence-corrected chi connectivity index (χ0v) is 11.5. The molecule has 0 aliphatic heterocycles. The van der Waals surface area contributed by atoms with Crippen LogP contribution in [0, 0.1) is 0 Å². The van der Waals surface area contributed by atoms with Gasteiger partial charge in [-0.3, -0.25) is 0 Å². The van der Waals surface area contributed by atoms with E-state index in [4.69, 9.17) is 20.8 Å². The summed E-state index contributed by atoms with van der Waals surface area (Å²) in [6.45, 7) is 2.94. The van der Waals surface area contributed by atoms with Gasteiger partial charge in [-0.15, -0.1) is 0 Å². The van der Waals surface area contributed by atoms with Gasteiger partial charge in [-0.2, -0.15) is 0 Å². The SMILES string of the molecule is CCOCc1nc(Cl)cc(SCc2ccco2)n1. The predicted molar refractivity (Wildman–Crippen MR) is 70.6 cm³/mol. The summed E-state index contributed by atoms with van der Waals surface area (Å²) in [4.78, 5) is 8.48. The first-order valence-electron chi connectivity index (χ1n) is 5.54. The quantitative estimate of drug-likeness (QED) is 0.600. The number of hydrogen-bond donors (Lipinski definition) is 0. The molecule has 0 spiro atoms. The Bertz CT molecular complexity index is 491. The number of thioether (sulfide) groups is 1. The molecule has 0 saturated heterocycles. The van der Waals surface area contributed by atoms with E-state index in [1.807, 2.05) is 19.1 Å². The van der Waals surface area contributed by atoms with Crippen LogP contribution in [0.3, 0.4) is 0 Å². The van der Waals surface area contributed by atoms with Gasteiger partial charge in [0, 0.05) is 12.7 Å². The van der Waals surface area contributed by atoms with Gasteiger partial charge in [0.05, 0.1) is 12.0 Å². The molecule has 0 atom stereocenters. The average Bonchev–Trinajstić information content (AvgIpc) is 2.86. The first-order valence-corrected chi connectivity index (χ1v) is 6.90. The van der Waals surface area contributed by atoms with Crippen LogP contribution < -0.4 is 0 Å². The molecule has 6 heteroatoms. The van der Waals surface area contributed by atoms with Crippen LogP contribution in [0.15, 0.2) is 33.9 Å². The molecule has 2 heterocycles. The van der Waals surface area contributed by atoms with E-state index in [-0.39, 0.29) is 0 Å². The third-order valence-electron chi connectivity index (χ3n) is 2.10. The number of ether oxygens (including phenoxy) is 1. The van der Waals surface area contributed by atoms with E-state index in [9.17, 15) is 0 Å². The highest BCUT2D eigenvalue weighted by Crippen LogP contribution is 2.23. The Morgan fingerprint density at radius 3 is 3.06 bits per heavy atom. The second-order valence-electron chi connectivity index (χ2n) is 3.45. The van der Waals surface area contributed by atoms with Crippen molar-refractivity contribution in [2.24, 2.45) is 0 Å². The maximum atomic E-state index is 5.95. The molecule has 0 bridgehead atoms. The van der Waals surface area contributed by atoms with Crippen LogP contribution in [-0.4, -0.2) is 16.6 Å². The molecule has 0 amide bonds. The fourth-order valence-electron chi connectivity index (χ4n) is 1.31. The molecule has 0 unspecified atom stereocenters. The monoisotopic (exact) mass is 284 g/mol. The number of aromatic nitrogens is 2. The summed E-state index contributed by atoms with van der Waals surface area (Å²) in [7, 11) is 0. The molecule has 0 radical (unpaired) electrons. The lowest BCUT2D eigenvalue weighted by atomic mass is 10.5. The Labute approximate surface area is 115 Å². The minimum absolute atomic E-state index is 0.380. The Hall–Kier alpha value is -1.04. The fraction of sp³-hybridized carbons (Fsp3) is 0.333. The highest BCUT2D eigenvalue weighted by atomic mass is 35.5. The van der Waals surface area contributed by atoms with Crippen LogP contribution in [0.4, 0.5) is 0 Å². The van der Waals surface area contributed by atoms with Gasteiger partial charge in [0.2, 0.25) is 0 Å². The van der Waals surface area contributed by atoms with Crippen molar-refractivity contribution < 1.29 is 9.15 Å². The number of furan rings is 1. The van der Waals surface area contributed by atoms with E-state index in [1.54, 1.807) is 24.1 Å².